The summed E-state index contributed by atoms with van der Waals surface area (Å²) in [6.07, 6.45) is 2.84. The number of anilines is 6. The van der Waals surface area contributed by atoms with E-state index in [1.54, 1.807) is 0 Å². The Morgan fingerprint density at radius 3 is 1.10 bits per heavy atom. The fourth-order valence-electron chi connectivity index (χ4n) is 7.72. The molecule has 0 saturated carbocycles. The summed E-state index contributed by atoms with van der Waals surface area (Å²) in [7, 11) is -13.9. The smallest absolute Gasteiger partial charge is 0.344 e. The third kappa shape index (κ3) is 12.8. The maximum Gasteiger partial charge on any atom is 1.00 e. The van der Waals surface area contributed by atoms with Crippen molar-refractivity contribution in [1.82, 2.24) is 28.7 Å². The standard InChI is InChI=1S/C43H38N12O17S4.K/c1-52-19-25(13-31(52)39(56)48-37-17-33(54(3)50-37)41(58)44-23-7-5-21-9-27(73(61,62)63)15-35(29(21)11-23)75(67,68)69)46-43(60)47-26-14-32(53(2)20-26)40(57)49-38-18-34(55(4)51-38)42(59)45-24-8-6-22-10-28(74(64,65)66)16-36(30(22)12-24)76(70,71)72;/h5-20H,1-4H3,(H,44,58)(H,45,59)(H2,46,47,60)(H,48,50,56)(H,49,51,57)(H,61,62,63)(H,64,65,66)(H,67,68,69)(H,70,71,72);/q;+1. The summed E-state index contributed by atoms with van der Waals surface area (Å²) in [5, 5.41) is 23.2. The van der Waals surface area contributed by atoms with Crippen LogP contribution in [0.5, 0.6) is 0 Å². The van der Waals surface area contributed by atoms with Crippen molar-refractivity contribution < 1.29 is 127 Å². The number of hydrogen-bond donors (Lipinski definition) is 10. The molecule has 6 amide bonds. The van der Waals surface area contributed by atoms with Crippen LogP contribution in [0.15, 0.2) is 117 Å². The summed E-state index contributed by atoms with van der Waals surface area (Å²) in [6.45, 7) is 0. The van der Waals surface area contributed by atoms with Crippen LogP contribution in [0.3, 0.4) is 0 Å². The number of aryl methyl sites for hydroxylation is 4. The first-order chi connectivity index (χ1) is 35.3. The van der Waals surface area contributed by atoms with E-state index in [0.717, 1.165) is 33.6 Å². The molecule has 77 heavy (non-hydrogen) atoms. The quantitative estimate of drug-likeness (QED) is 0.0531. The first-order valence-electron chi connectivity index (χ1n) is 21.1. The predicted octanol–water partition coefficient (Wildman–Crippen LogP) is 0.781. The van der Waals surface area contributed by atoms with Crippen molar-refractivity contribution in [3.05, 3.63) is 120 Å². The molecule has 4 aromatic heterocycles. The zero-order valence-electron chi connectivity index (χ0n) is 40.1. The molecule has 0 saturated heterocycles. The number of rotatable bonds is 14. The Bertz CT molecular complexity index is 4030. The number of urea groups is 1. The van der Waals surface area contributed by atoms with E-state index in [4.69, 9.17) is 0 Å². The molecule has 396 valence electrons. The maximum atomic E-state index is 13.4. The number of amides is 6. The van der Waals surface area contributed by atoms with Crippen molar-refractivity contribution in [3.8, 4) is 0 Å². The fourth-order valence-corrected chi connectivity index (χ4v) is 10.4. The molecule has 0 aliphatic rings. The van der Waals surface area contributed by atoms with Gasteiger partial charge >= 0.3 is 57.4 Å². The fraction of sp³-hybridized carbons (Fsp3) is 0.0930. The normalized spacial score (nSPS) is 11.9. The second kappa shape index (κ2) is 21.3. The molecule has 8 aromatic rings. The maximum absolute atomic E-state index is 13.4. The van der Waals surface area contributed by atoms with Crippen LogP contribution >= 0.6 is 0 Å². The van der Waals surface area contributed by atoms with Gasteiger partial charge in [0.25, 0.3) is 64.1 Å². The number of carbonyl (C=O) groups is 5. The summed E-state index contributed by atoms with van der Waals surface area (Å²) < 4.78 is 139. The van der Waals surface area contributed by atoms with Gasteiger partial charge in [0.1, 0.15) is 32.6 Å². The Labute approximate surface area is 477 Å². The summed E-state index contributed by atoms with van der Waals surface area (Å²) in [5.74, 6) is -3.12. The van der Waals surface area contributed by atoms with Gasteiger partial charge in [0.2, 0.25) is 0 Å². The van der Waals surface area contributed by atoms with Gasteiger partial charge in [-0.1, -0.05) is 12.1 Å². The monoisotopic (exact) mass is 1160 g/mol. The van der Waals surface area contributed by atoms with Gasteiger partial charge in [0, 0.05) is 74.9 Å². The van der Waals surface area contributed by atoms with Gasteiger partial charge in [0.15, 0.2) is 11.6 Å². The molecule has 0 unspecified atom stereocenters. The summed E-state index contributed by atoms with van der Waals surface area (Å²) in [4.78, 5) is 63.1. The minimum atomic E-state index is -5.01. The predicted molar refractivity (Wildman–Crippen MR) is 269 cm³/mol. The van der Waals surface area contributed by atoms with Crippen molar-refractivity contribution in [2.75, 3.05) is 31.9 Å². The van der Waals surface area contributed by atoms with Gasteiger partial charge in [-0.3, -0.25) is 46.8 Å². The van der Waals surface area contributed by atoms with Crippen LogP contribution in [-0.4, -0.2) is 110 Å². The number of hydrogen-bond acceptors (Lipinski definition) is 15. The third-order valence-electron chi connectivity index (χ3n) is 11.1. The molecule has 0 bridgehead atoms. The van der Waals surface area contributed by atoms with Crippen LogP contribution in [0, 0.1) is 0 Å². The molecule has 0 aliphatic heterocycles. The Hall–Kier alpha value is -7.19. The second-order valence-electron chi connectivity index (χ2n) is 16.5. The van der Waals surface area contributed by atoms with Crippen molar-refractivity contribution in [2.45, 2.75) is 19.6 Å². The van der Waals surface area contributed by atoms with E-state index in [9.17, 15) is 75.9 Å². The van der Waals surface area contributed by atoms with E-state index in [0.29, 0.717) is 12.1 Å². The molecule has 34 heteroatoms. The second-order valence-corrected chi connectivity index (χ2v) is 22.2. The third-order valence-corrected chi connectivity index (χ3v) is 14.6. The molecule has 0 aliphatic carbocycles. The van der Waals surface area contributed by atoms with E-state index in [1.807, 2.05) is 0 Å². The van der Waals surface area contributed by atoms with Gasteiger partial charge in [-0.2, -0.15) is 43.9 Å². The van der Waals surface area contributed by atoms with Crippen LogP contribution < -0.4 is 83.3 Å². The van der Waals surface area contributed by atoms with Crippen LogP contribution in [-0.2, 0) is 68.7 Å². The van der Waals surface area contributed by atoms with Crippen LogP contribution in [0.25, 0.3) is 21.5 Å². The molecule has 0 fully saturated rings. The number of carbonyl (C=O) groups excluding carboxylic acids is 5. The van der Waals surface area contributed by atoms with E-state index < -0.39 is 89.7 Å². The molecule has 4 heterocycles. The summed E-state index contributed by atoms with van der Waals surface area (Å²) in [6, 6.07) is 14.8. The molecule has 0 spiro atoms. The summed E-state index contributed by atoms with van der Waals surface area (Å²) >= 11 is 0. The van der Waals surface area contributed by atoms with E-state index in [2.05, 4.69) is 42.1 Å². The van der Waals surface area contributed by atoms with Gasteiger partial charge < -0.3 is 41.0 Å². The molecule has 10 N–H and O–H groups in total. The van der Waals surface area contributed by atoms with Crippen LogP contribution in [0.2, 0.25) is 0 Å². The van der Waals surface area contributed by atoms with Crippen molar-refractivity contribution in [1.29, 1.82) is 0 Å². The number of nitrogens with one attached hydrogen (secondary N) is 6. The number of fused-ring (bicyclic) bond motifs is 2. The molecular weight excluding hydrogens is 1120 g/mol. The van der Waals surface area contributed by atoms with Crippen LogP contribution in [0.4, 0.5) is 39.2 Å². The molecule has 0 radical (unpaired) electrons. The molecule has 0 atom stereocenters. The zero-order chi connectivity index (χ0) is 55.6. The SMILES string of the molecule is Cn1cc(NC(=O)Nc2cc(C(=O)Nc3cc(C(=O)Nc4ccc5cc(S(=O)(=O)O)cc(S(=O)(=O)O)c5c4)n(C)n3)n(C)c2)cc1C(=O)Nc1cc(C(=O)Nc2ccc3cc(S(=O)(=O)O)cc(S(=O)(=O)O)c3c2)n(C)n1.[K+]. The van der Waals surface area contributed by atoms with Gasteiger partial charge in [0.05, 0.1) is 21.2 Å². The van der Waals surface area contributed by atoms with Gasteiger partial charge in [-0.25, -0.2) is 4.79 Å². The number of aromatic nitrogens is 6. The van der Waals surface area contributed by atoms with Crippen molar-refractivity contribution >= 4 is 126 Å². The Balaban J connectivity index is 0.00000861. The topological polar surface area (TPSA) is 421 Å². The first-order valence-corrected chi connectivity index (χ1v) is 26.9. The molecular formula is C43H38KN12O17S4+. The Kier molecular flexibility index (Phi) is 15.9. The van der Waals surface area contributed by atoms with Crippen molar-refractivity contribution in [3.63, 3.8) is 0 Å². The molecule has 4 aromatic carbocycles. The summed E-state index contributed by atoms with van der Waals surface area (Å²) in [5.41, 5.74) is 0.251. The minimum Gasteiger partial charge on any atom is -0.344 e. The molecule has 29 nitrogen and oxygen atoms in total. The first kappa shape index (κ1) is 57.5. The van der Waals surface area contributed by atoms with E-state index in [-0.39, 0.29) is 130 Å². The number of nitrogens with zero attached hydrogens (tertiary/aromatic N) is 6. The van der Waals surface area contributed by atoms with Crippen molar-refractivity contribution in [2.24, 2.45) is 28.2 Å². The van der Waals surface area contributed by atoms with Gasteiger partial charge in [-0.05, 0) is 71.4 Å². The zero-order valence-corrected chi connectivity index (χ0v) is 46.5. The molecule has 8 rings (SSSR count). The number of benzene rings is 4. The minimum absolute atomic E-state index is 0. The Morgan fingerprint density at radius 1 is 0.416 bits per heavy atom. The average molecular weight is 1160 g/mol. The van der Waals surface area contributed by atoms with Gasteiger partial charge in [-0.15, -0.1) is 0 Å². The Morgan fingerprint density at radius 2 is 0.766 bits per heavy atom. The largest absolute Gasteiger partial charge is 1.00 e. The van der Waals surface area contributed by atoms with E-state index in [1.165, 1.54) is 98.2 Å². The average Bonchev–Trinajstić information content (AvgIpc) is 4.08. The van der Waals surface area contributed by atoms with E-state index >= 15 is 0 Å². The van der Waals surface area contributed by atoms with Crippen LogP contribution in [0.1, 0.15) is 42.0 Å².